The molecule has 0 saturated heterocycles. The van der Waals surface area contributed by atoms with Crippen LogP contribution >= 0.6 is 0 Å². The Hall–Kier alpha value is -1.18. The van der Waals surface area contributed by atoms with Crippen LogP contribution in [0.2, 0.25) is 0 Å². The summed E-state index contributed by atoms with van der Waals surface area (Å²) in [5.74, 6) is 1.68. The highest BCUT2D eigenvalue weighted by Crippen LogP contribution is 2.32. The van der Waals surface area contributed by atoms with Gasteiger partial charge in [-0.2, -0.15) is 0 Å². The molecule has 2 heterocycles. The third kappa shape index (κ3) is 0.652. The minimum Gasteiger partial charge on any atom is -0.493 e. The lowest BCUT2D eigenvalue weighted by atomic mass is 10.2. The van der Waals surface area contributed by atoms with Gasteiger partial charge in [-0.05, 0) is 17.7 Å². The van der Waals surface area contributed by atoms with Gasteiger partial charge < -0.3 is 9.47 Å². The normalized spacial score (nSPS) is 12.9. The van der Waals surface area contributed by atoms with E-state index >= 15 is 0 Å². The minimum absolute atomic E-state index is 0.693. The smallest absolute Gasteiger partial charge is 0.161 e. The minimum atomic E-state index is 0.693. The molecule has 0 spiro atoms. The molecule has 0 saturated carbocycles. The summed E-state index contributed by atoms with van der Waals surface area (Å²) in [5.41, 5.74) is 1.17. The van der Waals surface area contributed by atoms with Crippen LogP contribution < -0.4 is 9.47 Å². The summed E-state index contributed by atoms with van der Waals surface area (Å²) in [6, 6.07) is 5.97. The first-order valence-electron chi connectivity index (χ1n) is 3.20. The highest BCUT2D eigenvalue weighted by molar-refractivity contribution is 5.45. The second-order valence-corrected chi connectivity index (χ2v) is 2.27. The monoisotopic (exact) mass is 136 g/mol. The van der Waals surface area contributed by atoms with Crippen molar-refractivity contribution in [2.45, 2.75) is 6.61 Å². The molecule has 0 aliphatic carbocycles. The van der Waals surface area contributed by atoms with Gasteiger partial charge in [-0.15, -0.1) is 0 Å². The quantitative estimate of drug-likeness (QED) is 0.583. The van der Waals surface area contributed by atoms with Crippen molar-refractivity contribution in [3.63, 3.8) is 0 Å². The van der Waals surface area contributed by atoms with E-state index in [1.807, 2.05) is 18.2 Å². The predicted molar refractivity (Wildman–Crippen MR) is 37.3 cm³/mol. The Labute approximate surface area is 59.4 Å². The molecule has 2 nitrogen and oxygen atoms in total. The van der Waals surface area contributed by atoms with Crippen LogP contribution in [0, 0.1) is 0 Å². The Morgan fingerprint density at radius 2 is 2.40 bits per heavy atom. The number of benzene rings is 1. The van der Waals surface area contributed by atoms with E-state index in [0.717, 1.165) is 11.5 Å². The number of ether oxygens (including phenoxy) is 2. The molecule has 3 rings (SSSR count). The van der Waals surface area contributed by atoms with Gasteiger partial charge in [0.25, 0.3) is 0 Å². The van der Waals surface area contributed by atoms with Gasteiger partial charge in [-0.1, -0.05) is 6.07 Å². The summed E-state index contributed by atoms with van der Waals surface area (Å²) in [6.45, 7) is 0.693. The highest BCUT2D eigenvalue weighted by Gasteiger charge is 2.11. The summed E-state index contributed by atoms with van der Waals surface area (Å²) in [6.07, 6.45) is 0. The van der Waals surface area contributed by atoms with Crippen LogP contribution in [0.25, 0.3) is 0 Å². The van der Waals surface area contributed by atoms with Gasteiger partial charge in [-0.25, -0.2) is 0 Å². The third-order valence-corrected chi connectivity index (χ3v) is 1.62. The van der Waals surface area contributed by atoms with E-state index < -0.39 is 0 Å². The summed E-state index contributed by atoms with van der Waals surface area (Å²) in [4.78, 5) is 0. The Morgan fingerprint density at radius 3 is 2.70 bits per heavy atom. The van der Waals surface area contributed by atoms with Crippen molar-refractivity contribution < 1.29 is 9.47 Å². The lowest BCUT2D eigenvalue weighted by Gasteiger charge is -2.17. The van der Waals surface area contributed by atoms with Crippen molar-refractivity contribution in [2.75, 3.05) is 7.11 Å². The molecule has 0 N–H and O–H groups in total. The molecule has 2 aliphatic heterocycles. The second-order valence-electron chi connectivity index (χ2n) is 2.27. The predicted octanol–water partition coefficient (Wildman–Crippen LogP) is 1.59. The highest BCUT2D eigenvalue weighted by atomic mass is 16.5. The number of methoxy groups -OCH3 is 1. The first kappa shape index (κ1) is 5.59. The zero-order chi connectivity index (χ0) is 6.97. The Balaban J connectivity index is 2.55. The molecule has 2 heteroatoms. The van der Waals surface area contributed by atoms with E-state index in [2.05, 4.69) is 0 Å². The fourth-order valence-corrected chi connectivity index (χ4v) is 1.08. The van der Waals surface area contributed by atoms with Crippen molar-refractivity contribution in [2.24, 2.45) is 0 Å². The largest absolute Gasteiger partial charge is 0.493 e. The van der Waals surface area contributed by atoms with E-state index in [0.29, 0.717) is 6.61 Å². The molecule has 1 aromatic carbocycles. The molecule has 0 radical (unpaired) electrons. The molecule has 1 aromatic rings. The van der Waals surface area contributed by atoms with Crippen molar-refractivity contribution >= 4 is 0 Å². The number of fused-ring (bicyclic) bond motifs is 3. The van der Waals surface area contributed by atoms with E-state index in [9.17, 15) is 0 Å². The SMILES string of the molecule is COc1cc2ccc1OC2. The van der Waals surface area contributed by atoms with Crippen LogP contribution in [0.4, 0.5) is 0 Å². The summed E-state index contributed by atoms with van der Waals surface area (Å²) in [5, 5.41) is 0. The van der Waals surface area contributed by atoms with E-state index in [1.165, 1.54) is 5.56 Å². The van der Waals surface area contributed by atoms with E-state index in [1.54, 1.807) is 7.11 Å². The van der Waals surface area contributed by atoms with Crippen LogP contribution in [-0.2, 0) is 6.61 Å². The van der Waals surface area contributed by atoms with E-state index in [-0.39, 0.29) is 0 Å². The van der Waals surface area contributed by atoms with Crippen LogP contribution in [0.15, 0.2) is 18.2 Å². The first-order valence-corrected chi connectivity index (χ1v) is 3.20. The molecule has 0 fully saturated rings. The molecular weight excluding hydrogens is 128 g/mol. The lowest BCUT2D eigenvalue weighted by molar-refractivity contribution is 0.269. The van der Waals surface area contributed by atoms with E-state index in [4.69, 9.17) is 9.47 Å². The van der Waals surface area contributed by atoms with Crippen molar-refractivity contribution in [3.8, 4) is 11.5 Å². The molecule has 0 amide bonds. The molecule has 52 valence electrons. The Morgan fingerprint density at radius 1 is 1.50 bits per heavy atom. The van der Waals surface area contributed by atoms with Gasteiger partial charge in [0.05, 0.1) is 7.11 Å². The lowest BCUT2D eigenvalue weighted by Crippen LogP contribution is -2.03. The standard InChI is InChI=1S/C8H8O2/c1-9-8-4-6-2-3-7(8)10-5-6/h2-4H,5H2,1H3. The second kappa shape index (κ2) is 1.90. The average Bonchev–Trinajstić information content (AvgIpc) is 2.06. The molecule has 0 aromatic heterocycles. The fourth-order valence-electron chi connectivity index (χ4n) is 1.08. The summed E-state index contributed by atoms with van der Waals surface area (Å²) < 4.78 is 10.3. The van der Waals surface area contributed by atoms with Crippen molar-refractivity contribution in [1.82, 2.24) is 0 Å². The van der Waals surface area contributed by atoms with Crippen molar-refractivity contribution in [1.29, 1.82) is 0 Å². The third-order valence-electron chi connectivity index (χ3n) is 1.62. The maximum absolute atomic E-state index is 5.28. The van der Waals surface area contributed by atoms with Gasteiger partial charge in [0, 0.05) is 0 Å². The Kier molecular flexibility index (Phi) is 1.07. The van der Waals surface area contributed by atoms with Crippen LogP contribution in [0.5, 0.6) is 11.5 Å². The summed E-state index contributed by atoms with van der Waals surface area (Å²) in [7, 11) is 1.65. The zero-order valence-corrected chi connectivity index (χ0v) is 5.76. The van der Waals surface area contributed by atoms with Gasteiger partial charge in [0.15, 0.2) is 11.5 Å². The zero-order valence-electron chi connectivity index (χ0n) is 5.76. The van der Waals surface area contributed by atoms with Gasteiger partial charge >= 0.3 is 0 Å². The fraction of sp³-hybridized carbons (Fsp3) is 0.250. The number of hydrogen-bond donors (Lipinski definition) is 0. The molecule has 0 unspecified atom stereocenters. The molecule has 2 bridgehead atoms. The molecular formula is C8H8O2. The van der Waals surface area contributed by atoms with Gasteiger partial charge in [0.1, 0.15) is 6.61 Å². The maximum Gasteiger partial charge on any atom is 0.161 e. The van der Waals surface area contributed by atoms with Crippen molar-refractivity contribution in [3.05, 3.63) is 23.8 Å². The van der Waals surface area contributed by atoms with Crippen LogP contribution in [0.3, 0.4) is 0 Å². The van der Waals surface area contributed by atoms with Crippen LogP contribution in [-0.4, -0.2) is 7.11 Å². The molecule has 2 aliphatic rings. The average molecular weight is 136 g/mol. The van der Waals surface area contributed by atoms with Gasteiger partial charge in [-0.3, -0.25) is 0 Å². The van der Waals surface area contributed by atoms with Gasteiger partial charge in [0.2, 0.25) is 0 Å². The number of rotatable bonds is 1. The first-order chi connectivity index (χ1) is 4.90. The molecule has 10 heavy (non-hydrogen) atoms. The maximum atomic E-state index is 5.28. The summed E-state index contributed by atoms with van der Waals surface area (Å²) >= 11 is 0. The number of hydrogen-bond acceptors (Lipinski definition) is 2. The van der Waals surface area contributed by atoms with Crippen LogP contribution in [0.1, 0.15) is 5.56 Å². The topological polar surface area (TPSA) is 18.5 Å². The Bertz CT molecular complexity index is 255. The molecule has 0 atom stereocenters.